The van der Waals surface area contributed by atoms with Crippen molar-refractivity contribution < 1.29 is 9.78 Å². The van der Waals surface area contributed by atoms with Crippen molar-refractivity contribution >= 4 is 43.3 Å². The van der Waals surface area contributed by atoms with Gasteiger partial charge in [-0.1, -0.05) is 12.1 Å². The number of nitrogens with zero attached hydrogens (tertiary/aromatic N) is 1. The standard InChI is InChI=1S/C10H6BrN3O2S/c11-7-4-2-1-3-6(7)9(15)13-10-12-5-8(14-16)17-10/h1-5H,(H,12,13,15)/p+1. The maximum Gasteiger partial charge on any atom is 0.341 e. The van der Waals surface area contributed by atoms with Gasteiger partial charge in [0, 0.05) is 4.47 Å². The second-order valence-corrected chi connectivity index (χ2v) is 4.97. The number of benzene rings is 1. The Morgan fingerprint density at radius 1 is 1.41 bits per heavy atom. The Labute approximate surface area is 109 Å². The molecule has 0 spiro atoms. The molecule has 0 atom stereocenters. The fourth-order valence-corrected chi connectivity index (χ4v) is 2.30. The Balaban J connectivity index is 2.17. The van der Waals surface area contributed by atoms with E-state index >= 15 is 0 Å². The third-order valence-corrected chi connectivity index (χ3v) is 3.49. The predicted octanol–water partition coefficient (Wildman–Crippen LogP) is 2.97. The summed E-state index contributed by atoms with van der Waals surface area (Å²) in [4.78, 5) is 24.9. The van der Waals surface area contributed by atoms with E-state index in [9.17, 15) is 9.70 Å². The maximum absolute atomic E-state index is 11.9. The van der Waals surface area contributed by atoms with Gasteiger partial charge in [0.15, 0.2) is 0 Å². The van der Waals surface area contributed by atoms with E-state index in [4.69, 9.17) is 0 Å². The minimum atomic E-state index is -0.256. The molecule has 7 heteroatoms. The maximum atomic E-state index is 11.9. The largest absolute Gasteiger partial charge is 0.341 e. The monoisotopic (exact) mass is 312 g/mol. The number of aromatic amines is 1. The van der Waals surface area contributed by atoms with Crippen LogP contribution in [0.5, 0.6) is 0 Å². The quantitative estimate of drug-likeness (QED) is 0.885. The van der Waals surface area contributed by atoms with Gasteiger partial charge in [0.05, 0.1) is 5.56 Å². The Morgan fingerprint density at radius 3 is 2.82 bits per heavy atom. The van der Waals surface area contributed by atoms with Gasteiger partial charge in [-0.25, -0.2) is 9.78 Å². The number of halogens is 1. The van der Waals surface area contributed by atoms with E-state index < -0.39 is 0 Å². The van der Waals surface area contributed by atoms with Gasteiger partial charge in [-0.2, -0.15) is 5.32 Å². The highest BCUT2D eigenvalue weighted by Crippen LogP contribution is 2.23. The summed E-state index contributed by atoms with van der Waals surface area (Å²) in [6.45, 7) is 0. The zero-order valence-corrected chi connectivity index (χ0v) is 10.8. The number of nitroso groups, excluding NO2 is 1. The fraction of sp³-hybridized carbons (Fsp3) is 0. The molecule has 0 saturated carbocycles. The van der Waals surface area contributed by atoms with Gasteiger partial charge in [-0.05, 0) is 44.6 Å². The van der Waals surface area contributed by atoms with Crippen molar-refractivity contribution in [3.8, 4) is 0 Å². The number of amides is 1. The lowest BCUT2D eigenvalue weighted by Crippen LogP contribution is -2.16. The predicted molar refractivity (Wildman–Crippen MR) is 68.4 cm³/mol. The van der Waals surface area contributed by atoms with Gasteiger partial charge in [0.1, 0.15) is 6.20 Å². The Hall–Kier alpha value is -1.60. The highest BCUT2D eigenvalue weighted by Gasteiger charge is 2.17. The number of anilines is 1. The molecule has 17 heavy (non-hydrogen) atoms. The molecule has 0 aliphatic carbocycles. The van der Waals surface area contributed by atoms with Crippen LogP contribution in [0.4, 0.5) is 10.1 Å². The summed E-state index contributed by atoms with van der Waals surface area (Å²) in [5, 5.41) is 6.17. The van der Waals surface area contributed by atoms with Crippen LogP contribution in [0.1, 0.15) is 10.4 Å². The van der Waals surface area contributed by atoms with E-state index in [1.807, 2.05) is 6.07 Å². The number of aromatic nitrogens is 1. The Morgan fingerprint density at radius 2 is 2.18 bits per heavy atom. The van der Waals surface area contributed by atoms with E-state index in [-0.39, 0.29) is 10.9 Å². The summed E-state index contributed by atoms with van der Waals surface area (Å²) in [7, 11) is 0. The van der Waals surface area contributed by atoms with Crippen molar-refractivity contribution in [3.63, 3.8) is 0 Å². The number of nitrogens with one attached hydrogen (secondary N) is 2. The number of carbonyl (C=O) groups is 1. The molecular weight excluding hydrogens is 306 g/mol. The number of hydrogen-bond donors (Lipinski definition) is 1. The van der Waals surface area contributed by atoms with Crippen LogP contribution >= 0.6 is 27.3 Å². The molecule has 1 amide bonds. The zero-order valence-electron chi connectivity index (χ0n) is 8.44. The molecule has 2 N–H and O–H groups in total. The topological polar surface area (TPSA) is 72.7 Å². The van der Waals surface area contributed by atoms with Crippen LogP contribution < -0.4 is 10.3 Å². The molecule has 2 aromatic rings. The molecule has 86 valence electrons. The summed E-state index contributed by atoms with van der Waals surface area (Å²) in [6.07, 6.45) is 1.44. The molecular formula is C10H7BrN3O2S+. The molecule has 0 unspecified atom stereocenters. The number of hydrogen-bond acceptors (Lipinski definition) is 4. The average Bonchev–Trinajstić information content (AvgIpc) is 2.77. The van der Waals surface area contributed by atoms with Gasteiger partial charge < -0.3 is 0 Å². The van der Waals surface area contributed by atoms with Crippen molar-refractivity contribution in [2.75, 3.05) is 5.32 Å². The summed E-state index contributed by atoms with van der Waals surface area (Å²) >= 11 is 4.37. The third kappa shape index (κ3) is 2.75. The second kappa shape index (κ2) is 5.15. The first-order valence-corrected chi connectivity index (χ1v) is 6.22. The molecule has 0 saturated heterocycles. The molecule has 5 nitrogen and oxygen atoms in total. The van der Waals surface area contributed by atoms with Crippen LogP contribution in [0.2, 0.25) is 0 Å². The van der Waals surface area contributed by atoms with Crippen molar-refractivity contribution in [1.29, 1.82) is 0 Å². The highest BCUT2D eigenvalue weighted by atomic mass is 79.9. The molecule has 0 radical (unpaired) electrons. The van der Waals surface area contributed by atoms with E-state index in [0.29, 0.717) is 15.2 Å². The van der Waals surface area contributed by atoms with Crippen LogP contribution in [-0.4, -0.2) is 5.91 Å². The van der Waals surface area contributed by atoms with Gasteiger partial charge in [-0.15, -0.1) is 4.91 Å². The van der Waals surface area contributed by atoms with Crippen LogP contribution in [0.15, 0.2) is 40.1 Å². The number of H-pyrrole nitrogens is 1. The highest BCUT2D eigenvalue weighted by molar-refractivity contribution is 9.10. The minimum Gasteiger partial charge on any atom is -0.241 e. The molecule has 0 fully saturated rings. The normalized spacial score (nSPS) is 9.94. The average molecular weight is 313 g/mol. The van der Waals surface area contributed by atoms with Crippen LogP contribution in [0, 0.1) is 4.91 Å². The smallest absolute Gasteiger partial charge is 0.241 e. The lowest BCUT2D eigenvalue weighted by molar-refractivity contribution is -0.353. The molecule has 1 aromatic carbocycles. The van der Waals surface area contributed by atoms with Crippen LogP contribution in [0.25, 0.3) is 0 Å². The Kier molecular flexibility index (Phi) is 3.60. The van der Waals surface area contributed by atoms with Crippen molar-refractivity contribution in [3.05, 3.63) is 45.4 Å². The second-order valence-electron chi connectivity index (χ2n) is 3.08. The van der Waals surface area contributed by atoms with Gasteiger partial charge in [-0.3, -0.25) is 0 Å². The lowest BCUT2D eigenvalue weighted by Gasteiger charge is -1.98. The Bertz CT molecular complexity index is 570. The first kappa shape index (κ1) is 11.9. The van der Waals surface area contributed by atoms with E-state index in [2.05, 4.69) is 31.4 Å². The molecule has 0 bridgehead atoms. The van der Waals surface area contributed by atoms with Gasteiger partial charge in [0.2, 0.25) is 5.00 Å². The lowest BCUT2D eigenvalue weighted by atomic mass is 10.2. The molecule has 0 aliphatic heterocycles. The number of rotatable bonds is 3. The SMILES string of the molecule is O=Nc1c[nH+]c(NC(=O)c2ccccc2Br)s1. The zero-order chi connectivity index (χ0) is 12.3. The summed E-state index contributed by atoms with van der Waals surface area (Å²) < 4.78 is 0.711. The van der Waals surface area contributed by atoms with Gasteiger partial charge >= 0.3 is 11.0 Å². The molecule has 1 aromatic heterocycles. The van der Waals surface area contributed by atoms with E-state index in [0.717, 1.165) is 11.3 Å². The molecule has 1 heterocycles. The molecule has 2 rings (SSSR count). The van der Waals surface area contributed by atoms with E-state index in [1.54, 1.807) is 18.2 Å². The first-order chi connectivity index (χ1) is 8.20. The minimum absolute atomic E-state index is 0.256. The molecule has 0 aliphatic rings. The van der Waals surface area contributed by atoms with Crippen LogP contribution in [-0.2, 0) is 0 Å². The third-order valence-electron chi connectivity index (χ3n) is 1.97. The van der Waals surface area contributed by atoms with Crippen LogP contribution in [0.3, 0.4) is 0 Å². The fourth-order valence-electron chi connectivity index (χ4n) is 1.21. The van der Waals surface area contributed by atoms with Crippen molar-refractivity contribution in [2.45, 2.75) is 0 Å². The number of carbonyl (C=O) groups excluding carboxylic acids is 1. The van der Waals surface area contributed by atoms with Crippen molar-refractivity contribution in [2.24, 2.45) is 5.18 Å². The van der Waals surface area contributed by atoms with Crippen molar-refractivity contribution in [1.82, 2.24) is 0 Å². The summed E-state index contributed by atoms with van der Waals surface area (Å²) in [5.74, 6) is -0.256. The summed E-state index contributed by atoms with van der Waals surface area (Å²) in [6, 6.07) is 7.08. The van der Waals surface area contributed by atoms with Gasteiger partial charge in [0.25, 0.3) is 0 Å². The summed E-state index contributed by atoms with van der Waals surface area (Å²) in [5.41, 5.74) is 0.523. The first-order valence-electron chi connectivity index (χ1n) is 4.61. The number of thiazole rings is 1. The van der Waals surface area contributed by atoms with E-state index in [1.165, 1.54) is 6.20 Å².